The second-order valence-corrected chi connectivity index (χ2v) is 7.46. The van der Waals surface area contributed by atoms with Gasteiger partial charge in [0.15, 0.2) is 0 Å². The molecule has 2 saturated heterocycles. The molecule has 0 radical (unpaired) electrons. The summed E-state index contributed by atoms with van der Waals surface area (Å²) in [7, 11) is 0. The molecule has 0 aliphatic carbocycles. The van der Waals surface area contributed by atoms with Crippen LogP contribution >= 0.6 is 0 Å². The van der Waals surface area contributed by atoms with Crippen molar-refractivity contribution in [2.24, 2.45) is 11.8 Å². The number of nitrogens with zero attached hydrogens (tertiary/aromatic N) is 2. The largest absolute Gasteiger partial charge is 0.465 e. The molecule has 27 heavy (non-hydrogen) atoms. The Morgan fingerprint density at radius 1 is 0.963 bits per heavy atom. The van der Waals surface area contributed by atoms with Gasteiger partial charge in [0.05, 0.1) is 6.61 Å². The van der Waals surface area contributed by atoms with Gasteiger partial charge in [0.25, 0.3) is 5.91 Å². The molecular weight excluding hydrogens is 346 g/mol. The maximum Gasteiger partial charge on any atom is 0.407 e. The fraction of sp³-hybridized carbons (Fsp3) is 0.600. The average Bonchev–Trinajstić information content (AvgIpc) is 2.72. The summed E-state index contributed by atoms with van der Waals surface area (Å²) in [4.78, 5) is 26.8. The minimum Gasteiger partial charge on any atom is -0.465 e. The number of aliphatic hydroxyl groups excluding tert-OH is 1. The maximum absolute atomic E-state index is 11.9. The van der Waals surface area contributed by atoms with Crippen molar-refractivity contribution in [2.45, 2.75) is 25.7 Å². The fourth-order valence-electron chi connectivity index (χ4n) is 4.29. The van der Waals surface area contributed by atoms with Crippen molar-refractivity contribution in [2.75, 3.05) is 44.2 Å². The first-order valence-corrected chi connectivity index (χ1v) is 9.80. The standard InChI is InChI=1S/C20H29N3O4/c24-14-9-21-19(25)17-1-3-18(4-2-17)22-10-5-15(6-11-22)16-7-12-23(13-8-16)20(26)27/h1-4,15-16,24H,5-14H2,(H,21,25)(H,26,27). The van der Waals surface area contributed by atoms with Crippen LogP contribution in [0.25, 0.3) is 0 Å². The topological polar surface area (TPSA) is 93.1 Å². The first kappa shape index (κ1) is 19.5. The van der Waals surface area contributed by atoms with Gasteiger partial charge in [-0.1, -0.05) is 0 Å². The Hall–Kier alpha value is -2.28. The van der Waals surface area contributed by atoms with Gasteiger partial charge in [0, 0.05) is 44.0 Å². The number of rotatable bonds is 5. The number of aliphatic hydroxyl groups is 1. The van der Waals surface area contributed by atoms with Crippen LogP contribution in [0.3, 0.4) is 0 Å². The van der Waals surface area contributed by atoms with Gasteiger partial charge in [0.1, 0.15) is 0 Å². The van der Waals surface area contributed by atoms with E-state index in [-0.39, 0.29) is 19.1 Å². The van der Waals surface area contributed by atoms with Crippen LogP contribution < -0.4 is 10.2 Å². The van der Waals surface area contributed by atoms with Crippen LogP contribution in [-0.4, -0.2) is 66.4 Å². The van der Waals surface area contributed by atoms with Gasteiger partial charge >= 0.3 is 6.09 Å². The molecule has 7 nitrogen and oxygen atoms in total. The molecule has 0 aromatic heterocycles. The molecule has 0 unspecified atom stereocenters. The Balaban J connectivity index is 1.48. The van der Waals surface area contributed by atoms with Crippen LogP contribution in [0, 0.1) is 11.8 Å². The number of benzene rings is 1. The number of anilines is 1. The third kappa shape index (κ3) is 4.91. The lowest BCUT2D eigenvalue weighted by Crippen LogP contribution is -2.42. The van der Waals surface area contributed by atoms with E-state index in [1.807, 2.05) is 24.3 Å². The van der Waals surface area contributed by atoms with E-state index in [0.717, 1.165) is 44.5 Å². The Kier molecular flexibility index (Phi) is 6.55. The molecular formula is C20H29N3O4. The smallest absolute Gasteiger partial charge is 0.407 e. The van der Waals surface area contributed by atoms with Gasteiger partial charge < -0.3 is 25.3 Å². The van der Waals surface area contributed by atoms with Gasteiger partial charge in [0.2, 0.25) is 0 Å². The van der Waals surface area contributed by atoms with Gasteiger partial charge in [-0.15, -0.1) is 0 Å². The van der Waals surface area contributed by atoms with Crippen molar-refractivity contribution in [3.8, 4) is 0 Å². The molecule has 148 valence electrons. The zero-order valence-electron chi connectivity index (χ0n) is 15.6. The molecule has 2 aliphatic rings. The molecule has 2 aliphatic heterocycles. The van der Waals surface area contributed by atoms with E-state index in [0.29, 0.717) is 30.5 Å². The van der Waals surface area contributed by atoms with Crippen molar-refractivity contribution < 1.29 is 19.8 Å². The van der Waals surface area contributed by atoms with E-state index in [4.69, 9.17) is 10.2 Å². The van der Waals surface area contributed by atoms with E-state index < -0.39 is 6.09 Å². The van der Waals surface area contributed by atoms with Crippen LogP contribution in [0.5, 0.6) is 0 Å². The number of nitrogens with one attached hydrogen (secondary N) is 1. The Labute approximate surface area is 160 Å². The molecule has 2 fully saturated rings. The SMILES string of the molecule is O=C(NCCO)c1ccc(N2CCC(C3CCN(C(=O)O)CC3)CC2)cc1. The van der Waals surface area contributed by atoms with E-state index >= 15 is 0 Å². The van der Waals surface area contributed by atoms with E-state index in [1.54, 1.807) is 0 Å². The third-order valence-corrected chi connectivity index (χ3v) is 5.91. The molecule has 3 N–H and O–H groups in total. The Bertz CT molecular complexity index is 633. The highest BCUT2D eigenvalue weighted by Crippen LogP contribution is 2.33. The zero-order valence-corrected chi connectivity index (χ0v) is 15.6. The number of carbonyl (C=O) groups is 2. The second-order valence-electron chi connectivity index (χ2n) is 7.46. The lowest BCUT2D eigenvalue weighted by atomic mass is 9.79. The third-order valence-electron chi connectivity index (χ3n) is 5.91. The van der Waals surface area contributed by atoms with Crippen molar-refractivity contribution in [1.82, 2.24) is 10.2 Å². The van der Waals surface area contributed by atoms with Crippen LogP contribution in [0.4, 0.5) is 10.5 Å². The fourth-order valence-corrected chi connectivity index (χ4v) is 4.29. The van der Waals surface area contributed by atoms with Crippen molar-refractivity contribution in [1.29, 1.82) is 0 Å². The molecule has 1 aromatic rings. The van der Waals surface area contributed by atoms with Crippen molar-refractivity contribution >= 4 is 17.7 Å². The lowest BCUT2D eigenvalue weighted by Gasteiger charge is -2.40. The van der Waals surface area contributed by atoms with Crippen LogP contribution in [0.1, 0.15) is 36.0 Å². The maximum atomic E-state index is 11.9. The average molecular weight is 375 g/mol. The number of hydrogen-bond acceptors (Lipinski definition) is 4. The van der Waals surface area contributed by atoms with E-state index in [9.17, 15) is 9.59 Å². The summed E-state index contributed by atoms with van der Waals surface area (Å²) in [6.45, 7) is 3.54. The molecule has 0 atom stereocenters. The molecule has 0 saturated carbocycles. The number of amides is 2. The molecule has 2 heterocycles. The molecule has 2 amide bonds. The van der Waals surface area contributed by atoms with Gasteiger partial charge in [-0.2, -0.15) is 0 Å². The van der Waals surface area contributed by atoms with Crippen molar-refractivity contribution in [3.05, 3.63) is 29.8 Å². The van der Waals surface area contributed by atoms with Crippen molar-refractivity contribution in [3.63, 3.8) is 0 Å². The van der Waals surface area contributed by atoms with E-state index in [1.165, 1.54) is 4.90 Å². The minimum atomic E-state index is -0.795. The first-order chi connectivity index (χ1) is 13.1. The van der Waals surface area contributed by atoms with Gasteiger partial charge in [-0.25, -0.2) is 4.79 Å². The summed E-state index contributed by atoms with van der Waals surface area (Å²) < 4.78 is 0. The number of piperidine rings is 2. The number of carbonyl (C=O) groups excluding carboxylic acids is 1. The monoisotopic (exact) mass is 375 g/mol. The normalized spacial score (nSPS) is 19.1. The van der Waals surface area contributed by atoms with Crippen LogP contribution in [-0.2, 0) is 0 Å². The summed E-state index contributed by atoms with van der Waals surface area (Å²) in [6.07, 6.45) is 3.44. The minimum absolute atomic E-state index is 0.0614. The molecule has 0 bridgehead atoms. The summed E-state index contributed by atoms with van der Waals surface area (Å²) in [5.41, 5.74) is 1.74. The summed E-state index contributed by atoms with van der Waals surface area (Å²) >= 11 is 0. The molecule has 3 rings (SSSR count). The highest BCUT2D eigenvalue weighted by Gasteiger charge is 2.30. The summed E-state index contributed by atoms with van der Waals surface area (Å²) in [6, 6.07) is 7.63. The van der Waals surface area contributed by atoms with Gasteiger partial charge in [-0.05, 0) is 61.8 Å². The second kappa shape index (κ2) is 9.08. The first-order valence-electron chi connectivity index (χ1n) is 9.80. The van der Waals surface area contributed by atoms with Crippen LogP contribution in [0.15, 0.2) is 24.3 Å². The molecule has 0 spiro atoms. The molecule has 7 heteroatoms. The quantitative estimate of drug-likeness (QED) is 0.732. The summed E-state index contributed by atoms with van der Waals surface area (Å²) in [5.74, 6) is 1.16. The number of carboxylic acid groups (broad SMARTS) is 1. The van der Waals surface area contributed by atoms with Gasteiger partial charge in [-0.3, -0.25) is 4.79 Å². The van der Waals surface area contributed by atoms with E-state index in [2.05, 4.69) is 10.2 Å². The van der Waals surface area contributed by atoms with Crippen LogP contribution in [0.2, 0.25) is 0 Å². The lowest BCUT2D eigenvalue weighted by molar-refractivity contribution is 0.0944. The molecule has 1 aromatic carbocycles. The number of likely N-dealkylation sites (tertiary alicyclic amines) is 1. The zero-order chi connectivity index (χ0) is 19.2. The number of hydrogen-bond donors (Lipinski definition) is 3. The summed E-state index contributed by atoms with van der Waals surface area (Å²) in [5, 5.41) is 20.5. The Morgan fingerprint density at radius 2 is 1.52 bits per heavy atom. The predicted molar refractivity (Wildman–Crippen MR) is 103 cm³/mol. The Morgan fingerprint density at radius 3 is 2.04 bits per heavy atom. The highest BCUT2D eigenvalue weighted by molar-refractivity contribution is 5.94. The predicted octanol–water partition coefficient (Wildman–Crippen LogP) is 2.02. The highest BCUT2D eigenvalue weighted by atomic mass is 16.4.